The molecule has 4 nitrogen and oxygen atoms in total. The van der Waals surface area contributed by atoms with E-state index in [0.29, 0.717) is 11.3 Å². The van der Waals surface area contributed by atoms with E-state index in [-0.39, 0.29) is 0 Å². The van der Waals surface area contributed by atoms with Gasteiger partial charge in [0.05, 0.1) is 11.8 Å². The Morgan fingerprint density at radius 2 is 1.70 bits per heavy atom. The fourth-order valence-electron chi connectivity index (χ4n) is 3.73. The van der Waals surface area contributed by atoms with Crippen LogP contribution in [-0.2, 0) is 5.41 Å². The fraction of sp³-hybridized carbons (Fsp3) is 0.438. The summed E-state index contributed by atoms with van der Waals surface area (Å²) in [6.45, 7) is 3.75. The highest BCUT2D eigenvalue weighted by atomic mass is 16.5. The molecule has 1 aromatic carbocycles. The summed E-state index contributed by atoms with van der Waals surface area (Å²) < 4.78 is 4.94. The molecule has 0 saturated carbocycles. The molecule has 0 unspecified atom stereocenters. The summed E-state index contributed by atoms with van der Waals surface area (Å²) in [5.74, 6) is 0.391. The number of anilines is 1. The van der Waals surface area contributed by atoms with Crippen LogP contribution >= 0.6 is 0 Å². The van der Waals surface area contributed by atoms with Crippen LogP contribution in [0.25, 0.3) is 11.1 Å². The van der Waals surface area contributed by atoms with Crippen molar-refractivity contribution < 1.29 is 4.52 Å². The number of benzene rings is 1. The third-order valence-corrected chi connectivity index (χ3v) is 5.13. The number of piperidine rings is 3. The van der Waals surface area contributed by atoms with Crippen molar-refractivity contribution >= 4 is 5.88 Å². The summed E-state index contributed by atoms with van der Waals surface area (Å²) in [6, 6.07) is 8.83. The molecule has 5 rings (SSSR count). The maximum absolute atomic E-state index is 5.78. The molecule has 0 spiro atoms. The Kier molecular flexibility index (Phi) is 2.60. The minimum atomic E-state index is 0.391. The van der Waals surface area contributed by atoms with Crippen LogP contribution in [0.3, 0.4) is 0 Å². The van der Waals surface area contributed by atoms with Crippen LogP contribution in [0.4, 0.5) is 5.88 Å². The van der Waals surface area contributed by atoms with Crippen molar-refractivity contribution in [3.05, 3.63) is 36.0 Å². The van der Waals surface area contributed by atoms with Crippen molar-refractivity contribution in [2.75, 3.05) is 25.4 Å². The summed E-state index contributed by atoms with van der Waals surface area (Å²) in [6.07, 6.45) is 5.56. The molecule has 3 saturated heterocycles. The highest BCUT2D eigenvalue weighted by Crippen LogP contribution is 2.43. The maximum atomic E-state index is 5.78. The Balaban J connectivity index is 1.66. The first-order chi connectivity index (χ1) is 9.77. The summed E-state index contributed by atoms with van der Waals surface area (Å²) >= 11 is 0. The lowest BCUT2D eigenvalue weighted by Gasteiger charge is -2.48. The predicted molar refractivity (Wildman–Crippen MR) is 78.3 cm³/mol. The number of rotatable bonds is 2. The lowest BCUT2D eigenvalue weighted by atomic mass is 9.67. The molecular weight excluding hydrogens is 250 g/mol. The molecule has 104 valence electrons. The number of fused-ring (bicyclic) bond motifs is 3. The number of nitrogens with zero attached hydrogens (tertiary/aromatic N) is 2. The van der Waals surface area contributed by atoms with Gasteiger partial charge in [-0.05, 0) is 55.4 Å². The molecule has 0 aliphatic carbocycles. The SMILES string of the molecule is Nc1oncc1-c1ccc(C23CCN(CC2)CC3)cc1. The second-order valence-electron chi connectivity index (χ2n) is 6.05. The van der Waals surface area contributed by atoms with Crippen molar-refractivity contribution in [2.45, 2.75) is 24.7 Å². The molecular formula is C16H19N3O. The summed E-state index contributed by atoms with van der Waals surface area (Å²) in [5.41, 5.74) is 9.63. The van der Waals surface area contributed by atoms with Gasteiger partial charge >= 0.3 is 0 Å². The van der Waals surface area contributed by atoms with E-state index in [1.807, 2.05) is 0 Å². The van der Waals surface area contributed by atoms with Crippen LogP contribution in [0, 0.1) is 0 Å². The second-order valence-corrected chi connectivity index (χ2v) is 6.05. The topological polar surface area (TPSA) is 55.3 Å². The zero-order chi connectivity index (χ0) is 13.6. The average molecular weight is 269 g/mol. The number of hydrogen-bond acceptors (Lipinski definition) is 4. The first kappa shape index (κ1) is 12.0. The molecule has 2 N–H and O–H groups in total. The van der Waals surface area contributed by atoms with Crippen LogP contribution < -0.4 is 5.73 Å². The van der Waals surface area contributed by atoms with E-state index >= 15 is 0 Å². The Bertz CT molecular complexity index is 595. The van der Waals surface area contributed by atoms with E-state index in [4.69, 9.17) is 10.3 Å². The summed E-state index contributed by atoms with van der Waals surface area (Å²) in [5, 5.41) is 3.74. The van der Waals surface area contributed by atoms with Gasteiger partial charge in [-0.2, -0.15) is 0 Å². The molecule has 3 aliphatic heterocycles. The van der Waals surface area contributed by atoms with Gasteiger partial charge in [-0.1, -0.05) is 29.4 Å². The number of aromatic nitrogens is 1. The molecule has 3 fully saturated rings. The van der Waals surface area contributed by atoms with Crippen molar-refractivity contribution in [2.24, 2.45) is 0 Å². The first-order valence-electron chi connectivity index (χ1n) is 7.30. The highest BCUT2D eigenvalue weighted by Gasteiger charge is 2.40. The van der Waals surface area contributed by atoms with Gasteiger partial charge in [-0.3, -0.25) is 0 Å². The van der Waals surface area contributed by atoms with Crippen LogP contribution in [0.2, 0.25) is 0 Å². The van der Waals surface area contributed by atoms with E-state index in [1.165, 1.54) is 44.5 Å². The lowest BCUT2D eigenvalue weighted by molar-refractivity contribution is 0.0818. The minimum absolute atomic E-state index is 0.391. The summed E-state index contributed by atoms with van der Waals surface area (Å²) in [4.78, 5) is 2.58. The third kappa shape index (κ3) is 1.75. The Morgan fingerprint density at radius 1 is 1.05 bits per heavy atom. The van der Waals surface area contributed by atoms with Gasteiger partial charge in [0.15, 0.2) is 0 Å². The normalized spacial score (nSPS) is 28.7. The van der Waals surface area contributed by atoms with Crippen LogP contribution in [0.15, 0.2) is 35.0 Å². The van der Waals surface area contributed by atoms with Gasteiger partial charge < -0.3 is 15.2 Å². The summed E-state index contributed by atoms with van der Waals surface area (Å²) in [7, 11) is 0. The Labute approximate surface area is 118 Å². The van der Waals surface area contributed by atoms with Crippen molar-refractivity contribution in [3.8, 4) is 11.1 Å². The highest BCUT2D eigenvalue weighted by molar-refractivity contribution is 5.71. The van der Waals surface area contributed by atoms with Crippen LogP contribution in [0.1, 0.15) is 24.8 Å². The number of nitrogens with two attached hydrogens (primary N) is 1. The second kappa shape index (κ2) is 4.35. The number of hydrogen-bond donors (Lipinski definition) is 1. The number of nitrogen functional groups attached to an aromatic ring is 1. The van der Waals surface area contributed by atoms with E-state index in [0.717, 1.165) is 11.1 Å². The van der Waals surface area contributed by atoms with Crippen molar-refractivity contribution in [1.82, 2.24) is 10.1 Å². The van der Waals surface area contributed by atoms with Gasteiger partial charge in [0.2, 0.25) is 5.88 Å². The first-order valence-corrected chi connectivity index (χ1v) is 7.30. The van der Waals surface area contributed by atoms with Gasteiger partial charge in [0.25, 0.3) is 0 Å². The van der Waals surface area contributed by atoms with Crippen molar-refractivity contribution in [1.29, 1.82) is 0 Å². The third-order valence-electron chi connectivity index (χ3n) is 5.13. The maximum Gasteiger partial charge on any atom is 0.229 e. The minimum Gasteiger partial charge on any atom is -0.367 e. The van der Waals surface area contributed by atoms with E-state index in [2.05, 4.69) is 34.3 Å². The molecule has 1 aromatic heterocycles. The average Bonchev–Trinajstić information content (AvgIpc) is 2.95. The molecule has 0 radical (unpaired) electrons. The standard InChI is InChI=1S/C16H19N3O/c17-15-14(11-18-20-15)12-1-3-13(4-2-12)16-5-8-19(9-6-16)10-7-16/h1-4,11H,5-10,17H2. The monoisotopic (exact) mass is 269 g/mol. The molecule has 4 heterocycles. The van der Waals surface area contributed by atoms with Gasteiger partial charge in [-0.25, -0.2) is 0 Å². The van der Waals surface area contributed by atoms with Crippen LogP contribution in [-0.4, -0.2) is 29.7 Å². The molecule has 20 heavy (non-hydrogen) atoms. The molecule has 4 heteroatoms. The smallest absolute Gasteiger partial charge is 0.229 e. The van der Waals surface area contributed by atoms with E-state index in [9.17, 15) is 0 Å². The van der Waals surface area contributed by atoms with Crippen LogP contribution in [0.5, 0.6) is 0 Å². The van der Waals surface area contributed by atoms with Crippen molar-refractivity contribution in [3.63, 3.8) is 0 Å². The fourth-order valence-corrected chi connectivity index (χ4v) is 3.73. The van der Waals surface area contributed by atoms with Gasteiger partial charge in [0, 0.05) is 0 Å². The quantitative estimate of drug-likeness (QED) is 0.910. The molecule has 0 atom stereocenters. The Hall–Kier alpha value is -1.81. The largest absolute Gasteiger partial charge is 0.367 e. The Morgan fingerprint density at radius 3 is 2.25 bits per heavy atom. The van der Waals surface area contributed by atoms with E-state index in [1.54, 1.807) is 6.20 Å². The van der Waals surface area contributed by atoms with E-state index < -0.39 is 0 Å². The van der Waals surface area contributed by atoms with Gasteiger partial charge in [0.1, 0.15) is 0 Å². The van der Waals surface area contributed by atoms with Gasteiger partial charge in [-0.15, -0.1) is 0 Å². The molecule has 0 amide bonds. The lowest BCUT2D eigenvalue weighted by Crippen LogP contribution is -2.50. The zero-order valence-corrected chi connectivity index (χ0v) is 11.5. The zero-order valence-electron chi connectivity index (χ0n) is 11.5. The molecule has 3 aliphatic rings. The predicted octanol–water partition coefficient (Wildman–Crippen LogP) is 2.66. The molecule has 2 aromatic rings. The molecule has 2 bridgehead atoms.